The summed E-state index contributed by atoms with van der Waals surface area (Å²) >= 11 is 0. The van der Waals surface area contributed by atoms with E-state index in [-0.39, 0.29) is 23.6 Å². The molecule has 3 fully saturated rings. The van der Waals surface area contributed by atoms with Gasteiger partial charge in [0.15, 0.2) is 0 Å². The Kier molecular flexibility index (Phi) is 6.02. The molecule has 1 N–H and O–H groups in total. The van der Waals surface area contributed by atoms with Crippen LogP contribution in [-0.4, -0.2) is 55.8 Å². The first kappa shape index (κ1) is 23.5. The van der Waals surface area contributed by atoms with E-state index in [1.807, 2.05) is 36.4 Å². The molecule has 0 bridgehead atoms. The van der Waals surface area contributed by atoms with E-state index in [9.17, 15) is 13.2 Å². The second-order valence-corrected chi connectivity index (χ2v) is 12.4. The number of carbonyl (C=O) groups is 1. The predicted octanol–water partition coefficient (Wildman–Crippen LogP) is 3.51. The van der Waals surface area contributed by atoms with Gasteiger partial charge in [0.1, 0.15) is 11.9 Å². The molecule has 8 heteroatoms. The van der Waals surface area contributed by atoms with Crippen LogP contribution in [0.15, 0.2) is 48.5 Å². The molecule has 0 aromatic heterocycles. The molecule has 1 saturated carbocycles. The number of benzene rings is 2. The van der Waals surface area contributed by atoms with Gasteiger partial charge in [-0.1, -0.05) is 48.5 Å². The molecular formula is C26H31FN2O4S. The molecule has 1 amide bonds. The van der Waals surface area contributed by atoms with Crippen LogP contribution in [0.2, 0.25) is 0 Å². The number of hydrogen-bond donors (Lipinski definition) is 1. The summed E-state index contributed by atoms with van der Waals surface area (Å²) in [7, 11) is -3.57. The predicted molar refractivity (Wildman–Crippen MR) is 128 cm³/mol. The lowest BCUT2D eigenvalue weighted by Crippen LogP contribution is -2.53. The van der Waals surface area contributed by atoms with Gasteiger partial charge >= 0.3 is 0 Å². The Morgan fingerprint density at radius 2 is 1.88 bits per heavy atom. The van der Waals surface area contributed by atoms with Crippen molar-refractivity contribution in [1.82, 2.24) is 9.62 Å². The Labute approximate surface area is 200 Å². The molecule has 1 aliphatic carbocycles. The van der Waals surface area contributed by atoms with Crippen LogP contribution in [0.4, 0.5) is 4.39 Å². The van der Waals surface area contributed by atoms with Gasteiger partial charge in [-0.2, -0.15) is 0 Å². The summed E-state index contributed by atoms with van der Waals surface area (Å²) < 4.78 is 49.8. The fourth-order valence-corrected chi connectivity index (χ4v) is 6.21. The molecule has 3 aliphatic rings. The van der Waals surface area contributed by atoms with Gasteiger partial charge in [-0.3, -0.25) is 4.79 Å². The van der Waals surface area contributed by atoms with E-state index in [2.05, 4.69) is 4.72 Å². The Morgan fingerprint density at radius 3 is 2.47 bits per heavy atom. The summed E-state index contributed by atoms with van der Waals surface area (Å²) in [5, 5.41) is -0.596. The smallest absolute Gasteiger partial charge is 0.252 e. The summed E-state index contributed by atoms with van der Waals surface area (Å²) in [4.78, 5) is 15.1. The van der Waals surface area contributed by atoms with Crippen LogP contribution in [0.1, 0.15) is 38.7 Å². The van der Waals surface area contributed by atoms with Crippen molar-refractivity contribution in [2.75, 3.05) is 13.2 Å². The van der Waals surface area contributed by atoms with Crippen LogP contribution in [0.3, 0.4) is 0 Å². The van der Waals surface area contributed by atoms with E-state index < -0.39 is 33.5 Å². The number of likely N-dealkylation sites (tertiary alicyclic amines) is 1. The Hall–Kier alpha value is -2.29. The van der Waals surface area contributed by atoms with Crippen molar-refractivity contribution in [1.29, 1.82) is 0 Å². The lowest BCUT2D eigenvalue weighted by atomic mass is 9.91. The van der Waals surface area contributed by atoms with E-state index in [0.717, 1.165) is 18.4 Å². The number of carbonyl (C=O) groups excluding carboxylic acids is 1. The third-order valence-electron chi connectivity index (χ3n) is 7.58. The van der Waals surface area contributed by atoms with Gasteiger partial charge in [0.2, 0.25) is 10.0 Å². The molecular weight excluding hydrogens is 455 g/mol. The molecule has 2 aromatic rings. The van der Waals surface area contributed by atoms with Crippen molar-refractivity contribution < 1.29 is 22.3 Å². The van der Waals surface area contributed by atoms with E-state index in [0.29, 0.717) is 30.7 Å². The van der Waals surface area contributed by atoms with Crippen LogP contribution < -0.4 is 4.72 Å². The van der Waals surface area contributed by atoms with Crippen LogP contribution in [-0.2, 0) is 26.0 Å². The number of hydrogen-bond acceptors (Lipinski definition) is 4. The molecule has 2 heterocycles. The lowest BCUT2D eigenvalue weighted by Gasteiger charge is -2.34. The summed E-state index contributed by atoms with van der Waals surface area (Å²) in [5.41, 5.74) is 1.46. The van der Waals surface area contributed by atoms with Gasteiger partial charge in [-0.05, 0) is 44.2 Å². The highest BCUT2D eigenvalue weighted by atomic mass is 32.2. The zero-order chi connectivity index (χ0) is 24.1. The largest absolute Gasteiger partial charge is 0.368 e. The number of sulfonamides is 1. The Bertz CT molecular complexity index is 1180. The average molecular weight is 487 g/mol. The van der Waals surface area contributed by atoms with E-state index >= 15 is 4.39 Å². The molecule has 2 aliphatic heterocycles. The molecule has 2 saturated heterocycles. The summed E-state index contributed by atoms with van der Waals surface area (Å²) in [6.45, 7) is 4.30. The number of ether oxygens (including phenoxy) is 1. The monoisotopic (exact) mass is 486 g/mol. The van der Waals surface area contributed by atoms with Gasteiger partial charge in [0, 0.05) is 30.0 Å². The molecule has 5 rings (SSSR count). The minimum Gasteiger partial charge on any atom is -0.368 e. The van der Waals surface area contributed by atoms with Gasteiger partial charge in [-0.25, -0.2) is 17.5 Å². The van der Waals surface area contributed by atoms with Gasteiger partial charge in [-0.15, -0.1) is 0 Å². The second-order valence-electron chi connectivity index (χ2n) is 10.1. The van der Waals surface area contributed by atoms with Crippen LogP contribution >= 0.6 is 0 Å². The SMILES string of the molecule is CC(C)S(=O)(=O)N[C@@H]1[C@H](Cc2cccc(-c3ccccc3)c2F)N(C(=O)C2CCO2)CC12CC2. The number of amides is 1. The van der Waals surface area contributed by atoms with E-state index in [4.69, 9.17) is 4.74 Å². The van der Waals surface area contributed by atoms with E-state index in [1.54, 1.807) is 30.9 Å². The second kappa shape index (κ2) is 8.73. The molecule has 2 aromatic carbocycles. The van der Waals surface area contributed by atoms with Gasteiger partial charge < -0.3 is 9.64 Å². The first-order valence-electron chi connectivity index (χ1n) is 12.0. The van der Waals surface area contributed by atoms with Crippen LogP contribution in [0, 0.1) is 11.2 Å². The molecule has 0 radical (unpaired) electrons. The standard InChI is InChI=1S/C26H31FN2O4S/c1-17(2)34(31,32)28-24-21(29(16-26(24)12-13-26)25(30)22-11-14-33-22)15-19-9-6-10-20(23(19)27)18-7-4-3-5-8-18/h3-10,17,21-22,24,28H,11-16H2,1-2H3/t21-,22?,24+/m0/s1. The van der Waals surface area contributed by atoms with Crippen molar-refractivity contribution >= 4 is 15.9 Å². The third-order valence-corrected chi connectivity index (χ3v) is 9.41. The number of rotatable bonds is 7. The zero-order valence-corrected chi connectivity index (χ0v) is 20.4. The molecule has 1 spiro atoms. The van der Waals surface area contributed by atoms with E-state index in [1.165, 1.54) is 0 Å². The Balaban J connectivity index is 1.51. The summed E-state index contributed by atoms with van der Waals surface area (Å²) in [6, 6.07) is 13.7. The minimum atomic E-state index is -3.57. The average Bonchev–Trinajstić information content (AvgIpc) is 3.49. The molecule has 182 valence electrons. The molecule has 3 atom stereocenters. The zero-order valence-electron chi connectivity index (χ0n) is 19.5. The van der Waals surface area contributed by atoms with Gasteiger partial charge in [0.05, 0.1) is 17.9 Å². The maximum atomic E-state index is 15.7. The molecule has 1 unspecified atom stereocenters. The van der Waals surface area contributed by atoms with Crippen molar-refractivity contribution in [2.45, 2.75) is 63.0 Å². The fraction of sp³-hybridized carbons (Fsp3) is 0.500. The highest BCUT2D eigenvalue weighted by Gasteiger charge is 2.62. The highest BCUT2D eigenvalue weighted by Crippen LogP contribution is 2.56. The maximum absolute atomic E-state index is 15.7. The van der Waals surface area contributed by atoms with Crippen molar-refractivity contribution in [3.8, 4) is 11.1 Å². The molecule has 6 nitrogen and oxygen atoms in total. The number of halogens is 1. The first-order valence-corrected chi connectivity index (χ1v) is 13.5. The fourth-order valence-electron chi connectivity index (χ4n) is 5.18. The molecule has 34 heavy (non-hydrogen) atoms. The van der Waals surface area contributed by atoms with Crippen molar-refractivity contribution in [3.05, 3.63) is 59.9 Å². The van der Waals surface area contributed by atoms with Gasteiger partial charge in [0.25, 0.3) is 5.91 Å². The summed E-state index contributed by atoms with van der Waals surface area (Å²) in [6.07, 6.45) is 2.10. The highest BCUT2D eigenvalue weighted by molar-refractivity contribution is 7.90. The first-order chi connectivity index (χ1) is 16.2. The van der Waals surface area contributed by atoms with Crippen LogP contribution in [0.25, 0.3) is 11.1 Å². The number of nitrogens with one attached hydrogen (secondary N) is 1. The topological polar surface area (TPSA) is 75.7 Å². The van der Waals surface area contributed by atoms with Crippen molar-refractivity contribution in [2.24, 2.45) is 5.41 Å². The summed E-state index contributed by atoms with van der Waals surface area (Å²) in [5.74, 6) is -0.448. The normalized spacial score (nSPS) is 25.5. The third kappa shape index (κ3) is 4.16. The Morgan fingerprint density at radius 1 is 1.18 bits per heavy atom. The van der Waals surface area contributed by atoms with Crippen LogP contribution in [0.5, 0.6) is 0 Å². The quantitative estimate of drug-likeness (QED) is 0.650. The minimum absolute atomic E-state index is 0.117. The lowest BCUT2D eigenvalue weighted by molar-refractivity contribution is -0.157. The maximum Gasteiger partial charge on any atom is 0.252 e. The number of nitrogens with zero attached hydrogens (tertiary/aromatic N) is 1. The van der Waals surface area contributed by atoms with Crippen molar-refractivity contribution in [3.63, 3.8) is 0 Å².